The lowest BCUT2D eigenvalue weighted by Crippen LogP contribution is -2.44. The van der Waals surface area contributed by atoms with Crippen LogP contribution in [0.4, 0.5) is 10.5 Å². The van der Waals surface area contributed by atoms with Crippen molar-refractivity contribution in [3.63, 3.8) is 0 Å². The van der Waals surface area contributed by atoms with Gasteiger partial charge in [0, 0.05) is 38.0 Å². The number of carbonyl (C=O) groups excluding carboxylic acids is 2. The Kier molecular flexibility index (Phi) is 5.28. The summed E-state index contributed by atoms with van der Waals surface area (Å²) in [5, 5.41) is 2.81. The van der Waals surface area contributed by atoms with E-state index in [1.165, 1.54) is 4.90 Å². The molecule has 3 amide bonds. The molecule has 25 heavy (non-hydrogen) atoms. The minimum atomic E-state index is -0.193. The second kappa shape index (κ2) is 7.60. The number of anilines is 1. The summed E-state index contributed by atoms with van der Waals surface area (Å²) in [7, 11) is 1.58. The predicted octanol–water partition coefficient (Wildman–Crippen LogP) is 0.851. The van der Waals surface area contributed by atoms with Crippen molar-refractivity contribution < 1.29 is 23.8 Å². The quantitative estimate of drug-likeness (QED) is 0.824. The Hall–Kier alpha value is -2.48. The van der Waals surface area contributed by atoms with Gasteiger partial charge in [0.25, 0.3) is 0 Å². The predicted molar refractivity (Wildman–Crippen MR) is 91.2 cm³/mol. The van der Waals surface area contributed by atoms with Gasteiger partial charge in [0.05, 0.1) is 6.61 Å². The van der Waals surface area contributed by atoms with Crippen molar-refractivity contribution in [1.29, 1.82) is 0 Å². The fourth-order valence-electron chi connectivity index (χ4n) is 2.95. The number of benzene rings is 1. The lowest BCUT2D eigenvalue weighted by molar-refractivity contribution is -0.122. The van der Waals surface area contributed by atoms with Gasteiger partial charge >= 0.3 is 6.03 Å². The Morgan fingerprint density at radius 2 is 2.04 bits per heavy atom. The summed E-state index contributed by atoms with van der Waals surface area (Å²) in [5.74, 6) is 1.13. The fraction of sp³-hybridized carbons (Fsp3) is 0.529. The van der Waals surface area contributed by atoms with Crippen LogP contribution < -0.4 is 19.7 Å². The van der Waals surface area contributed by atoms with Crippen molar-refractivity contribution in [1.82, 2.24) is 10.2 Å². The van der Waals surface area contributed by atoms with Crippen LogP contribution in [0, 0.1) is 0 Å². The lowest BCUT2D eigenvalue weighted by Gasteiger charge is -2.22. The van der Waals surface area contributed by atoms with Gasteiger partial charge in [0.15, 0.2) is 11.5 Å². The van der Waals surface area contributed by atoms with Crippen molar-refractivity contribution in [2.24, 2.45) is 0 Å². The molecule has 0 saturated carbocycles. The molecule has 3 rings (SSSR count). The zero-order chi connectivity index (χ0) is 17.8. The number of methoxy groups -OCH3 is 1. The SMILES string of the molecule is COCC(C)NC(=O)CN1CCN(c2ccc3c(c2)OCCO3)C1=O. The molecule has 2 heterocycles. The Morgan fingerprint density at radius 1 is 1.28 bits per heavy atom. The van der Waals surface area contributed by atoms with Gasteiger partial charge in [-0.25, -0.2) is 4.79 Å². The molecule has 8 nitrogen and oxygen atoms in total. The largest absolute Gasteiger partial charge is 0.486 e. The smallest absolute Gasteiger partial charge is 0.325 e. The number of hydrogen-bond acceptors (Lipinski definition) is 5. The number of nitrogens with zero attached hydrogens (tertiary/aromatic N) is 2. The third-order valence-corrected chi connectivity index (χ3v) is 4.09. The molecule has 1 unspecified atom stereocenters. The van der Waals surface area contributed by atoms with E-state index in [0.29, 0.717) is 44.4 Å². The zero-order valence-electron chi connectivity index (χ0n) is 14.5. The molecule has 0 radical (unpaired) electrons. The van der Waals surface area contributed by atoms with E-state index in [0.717, 1.165) is 5.69 Å². The standard InChI is InChI=1S/C17H23N3O5/c1-12(11-23-2)18-16(21)10-19-5-6-20(17(19)22)13-3-4-14-15(9-13)25-8-7-24-14/h3-4,9,12H,5-8,10-11H2,1-2H3,(H,18,21). The Labute approximate surface area is 146 Å². The van der Waals surface area contributed by atoms with Crippen molar-refractivity contribution >= 4 is 17.6 Å². The molecule has 0 bridgehead atoms. The summed E-state index contributed by atoms with van der Waals surface area (Å²) in [6, 6.07) is 5.15. The number of ether oxygens (including phenoxy) is 3. The lowest BCUT2D eigenvalue weighted by atomic mass is 10.2. The van der Waals surface area contributed by atoms with E-state index in [-0.39, 0.29) is 24.5 Å². The van der Waals surface area contributed by atoms with Crippen molar-refractivity contribution in [3.05, 3.63) is 18.2 Å². The van der Waals surface area contributed by atoms with Crippen LogP contribution in [0.5, 0.6) is 11.5 Å². The average Bonchev–Trinajstić information content (AvgIpc) is 2.95. The van der Waals surface area contributed by atoms with Gasteiger partial charge in [0.1, 0.15) is 19.8 Å². The number of rotatable bonds is 6. The summed E-state index contributed by atoms with van der Waals surface area (Å²) < 4.78 is 16.1. The van der Waals surface area contributed by atoms with Crippen LogP contribution in [-0.4, -0.2) is 69.4 Å². The Balaban J connectivity index is 1.61. The van der Waals surface area contributed by atoms with Gasteiger partial charge in [-0.3, -0.25) is 9.69 Å². The molecule has 1 aromatic rings. The fourth-order valence-corrected chi connectivity index (χ4v) is 2.95. The minimum absolute atomic E-state index is 0.0357. The molecule has 2 aliphatic heterocycles. The third-order valence-electron chi connectivity index (χ3n) is 4.09. The second-order valence-corrected chi connectivity index (χ2v) is 6.11. The van der Waals surface area contributed by atoms with E-state index in [4.69, 9.17) is 14.2 Å². The number of hydrogen-bond donors (Lipinski definition) is 1. The first-order valence-electron chi connectivity index (χ1n) is 8.33. The van der Waals surface area contributed by atoms with Crippen molar-refractivity contribution in [2.45, 2.75) is 13.0 Å². The highest BCUT2D eigenvalue weighted by atomic mass is 16.6. The van der Waals surface area contributed by atoms with Gasteiger partial charge < -0.3 is 24.4 Å². The van der Waals surface area contributed by atoms with Crippen LogP contribution in [-0.2, 0) is 9.53 Å². The maximum atomic E-state index is 12.6. The van der Waals surface area contributed by atoms with Gasteiger partial charge in [-0.15, -0.1) is 0 Å². The molecule has 2 aliphatic rings. The van der Waals surface area contributed by atoms with Crippen molar-refractivity contribution in [2.75, 3.05) is 51.5 Å². The molecule has 1 atom stereocenters. The van der Waals surface area contributed by atoms with E-state index in [1.807, 2.05) is 13.0 Å². The maximum Gasteiger partial charge on any atom is 0.325 e. The molecule has 1 N–H and O–H groups in total. The summed E-state index contributed by atoms with van der Waals surface area (Å²) in [6.45, 7) is 4.38. The van der Waals surface area contributed by atoms with E-state index >= 15 is 0 Å². The van der Waals surface area contributed by atoms with Crippen LogP contribution in [0.25, 0.3) is 0 Å². The number of carbonyl (C=O) groups is 2. The average molecular weight is 349 g/mol. The summed E-state index contributed by atoms with van der Waals surface area (Å²) in [6.07, 6.45) is 0. The first-order valence-corrected chi connectivity index (χ1v) is 8.33. The number of nitrogens with one attached hydrogen (secondary N) is 1. The molecule has 8 heteroatoms. The Morgan fingerprint density at radius 3 is 2.80 bits per heavy atom. The number of fused-ring (bicyclic) bond motifs is 1. The maximum absolute atomic E-state index is 12.6. The number of amides is 3. The number of urea groups is 1. The monoisotopic (exact) mass is 349 g/mol. The van der Waals surface area contributed by atoms with Crippen LogP contribution in [0.2, 0.25) is 0 Å². The molecule has 1 saturated heterocycles. The normalized spacial score (nSPS) is 17.6. The molecular weight excluding hydrogens is 326 g/mol. The first kappa shape index (κ1) is 17.3. The minimum Gasteiger partial charge on any atom is -0.486 e. The van der Waals surface area contributed by atoms with Gasteiger partial charge in [-0.1, -0.05) is 0 Å². The summed E-state index contributed by atoms with van der Waals surface area (Å²) in [4.78, 5) is 27.8. The van der Waals surface area contributed by atoms with E-state index in [2.05, 4.69) is 5.32 Å². The highest BCUT2D eigenvalue weighted by molar-refractivity contribution is 5.96. The first-order chi connectivity index (χ1) is 12.1. The van der Waals surface area contributed by atoms with E-state index in [1.54, 1.807) is 24.1 Å². The molecular formula is C17H23N3O5. The van der Waals surface area contributed by atoms with E-state index < -0.39 is 0 Å². The zero-order valence-corrected chi connectivity index (χ0v) is 14.5. The molecule has 0 aliphatic carbocycles. The molecule has 1 fully saturated rings. The van der Waals surface area contributed by atoms with Crippen LogP contribution in [0.1, 0.15) is 6.92 Å². The summed E-state index contributed by atoms with van der Waals surface area (Å²) >= 11 is 0. The van der Waals surface area contributed by atoms with Gasteiger partial charge in [-0.05, 0) is 19.1 Å². The highest BCUT2D eigenvalue weighted by Gasteiger charge is 2.31. The molecule has 0 spiro atoms. The van der Waals surface area contributed by atoms with Crippen LogP contribution in [0.15, 0.2) is 18.2 Å². The molecule has 1 aromatic carbocycles. The van der Waals surface area contributed by atoms with Crippen LogP contribution >= 0.6 is 0 Å². The molecule has 136 valence electrons. The topological polar surface area (TPSA) is 80.3 Å². The highest BCUT2D eigenvalue weighted by Crippen LogP contribution is 2.34. The second-order valence-electron chi connectivity index (χ2n) is 6.11. The third kappa shape index (κ3) is 3.96. The van der Waals surface area contributed by atoms with Crippen molar-refractivity contribution in [3.8, 4) is 11.5 Å². The van der Waals surface area contributed by atoms with Crippen LogP contribution in [0.3, 0.4) is 0 Å². The summed E-state index contributed by atoms with van der Waals surface area (Å²) in [5.41, 5.74) is 0.741. The van der Waals surface area contributed by atoms with E-state index in [9.17, 15) is 9.59 Å². The van der Waals surface area contributed by atoms with Gasteiger partial charge in [-0.2, -0.15) is 0 Å². The van der Waals surface area contributed by atoms with Gasteiger partial charge in [0.2, 0.25) is 5.91 Å². The molecule has 0 aromatic heterocycles. The Bertz CT molecular complexity index is 651.